The monoisotopic (exact) mass is 199 g/mol. The van der Waals surface area contributed by atoms with Crippen molar-refractivity contribution in [1.82, 2.24) is 5.32 Å². The third-order valence-corrected chi connectivity index (χ3v) is 2.83. The standard InChI is InChI=1S/C10H17NO3/c12-10(8-1-3-13-6-8)5-9-7-14-4-2-11-9/h8-9,11H,1-7H2. The Kier molecular flexibility index (Phi) is 3.50. The molecule has 2 saturated heterocycles. The molecule has 4 nitrogen and oxygen atoms in total. The lowest BCUT2D eigenvalue weighted by Crippen LogP contribution is -2.43. The summed E-state index contributed by atoms with van der Waals surface area (Å²) >= 11 is 0. The van der Waals surface area contributed by atoms with E-state index in [1.807, 2.05) is 0 Å². The summed E-state index contributed by atoms with van der Waals surface area (Å²) in [6.07, 6.45) is 1.49. The number of carbonyl (C=O) groups excluding carboxylic acids is 1. The highest BCUT2D eigenvalue weighted by molar-refractivity contribution is 5.81. The van der Waals surface area contributed by atoms with Gasteiger partial charge in [0.15, 0.2) is 0 Å². The molecule has 2 aliphatic heterocycles. The average Bonchev–Trinajstić information content (AvgIpc) is 2.72. The second-order valence-corrected chi connectivity index (χ2v) is 3.96. The Labute approximate surface area is 84.0 Å². The van der Waals surface area contributed by atoms with E-state index in [4.69, 9.17) is 9.47 Å². The molecule has 0 amide bonds. The van der Waals surface area contributed by atoms with Crippen LogP contribution in [0.4, 0.5) is 0 Å². The van der Waals surface area contributed by atoms with E-state index in [2.05, 4.69) is 5.32 Å². The molecule has 2 rings (SSSR count). The van der Waals surface area contributed by atoms with Crippen molar-refractivity contribution in [2.75, 3.05) is 33.0 Å². The first-order chi connectivity index (χ1) is 6.86. The minimum absolute atomic E-state index is 0.138. The molecule has 14 heavy (non-hydrogen) atoms. The van der Waals surface area contributed by atoms with Crippen molar-refractivity contribution in [2.24, 2.45) is 5.92 Å². The number of ether oxygens (including phenoxy) is 2. The second-order valence-electron chi connectivity index (χ2n) is 3.96. The van der Waals surface area contributed by atoms with E-state index < -0.39 is 0 Å². The highest BCUT2D eigenvalue weighted by atomic mass is 16.5. The van der Waals surface area contributed by atoms with Crippen LogP contribution in [0.5, 0.6) is 0 Å². The minimum Gasteiger partial charge on any atom is -0.381 e. The molecule has 0 aliphatic carbocycles. The van der Waals surface area contributed by atoms with Gasteiger partial charge in [-0.1, -0.05) is 0 Å². The average molecular weight is 199 g/mol. The largest absolute Gasteiger partial charge is 0.381 e. The highest BCUT2D eigenvalue weighted by Gasteiger charge is 2.26. The number of hydrogen-bond donors (Lipinski definition) is 1. The van der Waals surface area contributed by atoms with Crippen LogP contribution in [0.25, 0.3) is 0 Å². The predicted octanol–water partition coefficient (Wildman–Crippen LogP) is -0.0295. The third kappa shape index (κ3) is 2.53. The normalized spacial score (nSPS) is 33.1. The fourth-order valence-corrected chi connectivity index (χ4v) is 1.95. The SMILES string of the molecule is O=C(CC1COCCN1)C1CCOC1. The van der Waals surface area contributed by atoms with Crippen molar-refractivity contribution in [1.29, 1.82) is 0 Å². The third-order valence-electron chi connectivity index (χ3n) is 2.83. The van der Waals surface area contributed by atoms with E-state index in [1.165, 1.54) is 0 Å². The van der Waals surface area contributed by atoms with E-state index in [0.717, 1.165) is 26.2 Å². The van der Waals surface area contributed by atoms with Crippen LogP contribution in [-0.2, 0) is 14.3 Å². The first-order valence-electron chi connectivity index (χ1n) is 5.28. The van der Waals surface area contributed by atoms with E-state index in [0.29, 0.717) is 25.4 Å². The molecule has 0 aromatic carbocycles. The molecular formula is C10H17NO3. The van der Waals surface area contributed by atoms with Crippen molar-refractivity contribution in [3.05, 3.63) is 0 Å². The van der Waals surface area contributed by atoms with Crippen LogP contribution in [0.3, 0.4) is 0 Å². The van der Waals surface area contributed by atoms with Crippen molar-refractivity contribution in [3.8, 4) is 0 Å². The summed E-state index contributed by atoms with van der Waals surface area (Å²) in [5, 5.41) is 3.29. The second kappa shape index (κ2) is 4.87. The molecule has 0 bridgehead atoms. The molecule has 80 valence electrons. The van der Waals surface area contributed by atoms with Gasteiger partial charge >= 0.3 is 0 Å². The maximum atomic E-state index is 11.7. The van der Waals surface area contributed by atoms with Crippen LogP contribution in [0.1, 0.15) is 12.8 Å². The first kappa shape index (κ1) is 10.1. The number of morpholine rings is 1. The summed E-state index contributed by atoms with van der Waals surface area (Å²) in [6.45, 7) is 3.65. The van der Waals surface area contributed by atoms with Gasteiger partial charge < -0.3 is 14.8 Å². The Morgan fingerprint density at radius 3 is 2.79 bits per heavy atom. The van der Waals surface area contributed by atoms with Crippen LogP contribution in [0.15, 0.2) is 0 Å². The predicted molar refractivity (Wildman–Crippen MR) is 51.2 cm³/mol. The lowest BCUT2D eigenvalue weighted by molar-refractivity contribution is -0.124. The Morgan fingerprint density at radius 1 is 1.29 bits per heavy atom. The summed E-state index contributed by atoms with van der Waals surface area (Å²) in [6, 6.07) is 0.219. The van der Waals surface area contributed by atoms with Gasteiger partial charge in [0.1, 0.15) is 5.78 Å². The summed E-state index contributed by atoms with van der Waals surface area (Å²) in [5.41, 5.74) is 0. The van der Waals surface area contributed by atoms with Crippen molar-refractivity contribution in [2.45, 2.75) is 18.9 Å². The van der Waals surface area contributed by atoms with Crippen LogP contribution < -0.4 is 5.32 Å². The van der Waals surface area contributed by atoms with E-state index in [-0.39, 0.29) is 12.0 Å². The molecule has 1 N–H and O–H groups in total. The van der Waals surface area contributed by atoms with Gasteiger partial charge in [-0.2, -0.15) is 0 Å². The van der Waals surface area contributed by atoms with Gasteiger partial charge in [-0.3, -0.25) is 4.79 Å². The molecule has 0 spiro atoms. The molecule has 2 aliphatic rings. The Bertz CT molecular complexity index is 196. The smallest absolute Gasteiger partial charge is 0.140 e. The number of rotatable bonds is 3. The minimum atomic E-state index is 0.138. The molecule has 2 heterocycles. The topological polar surface area (TPSA) is 47.6 Å². The van der Waals surface area contributed by atoms with Gasteiger partial charge in [0, 0.05) is 31.5 Å². The number of carbonyl (C=O) groups is 1. The Balaban J connectivity index is 1.75. The number of nitrogens with one attached hydrogen (secondary N) is 1. The lowest BCUT2D eigenvalue weighted by atomic mass is 9.97. The molecule has 2 atom stereocenters. The summed E-state index contributed by atoms with van der Waals surface area (Å²) < 4.78 is 10.5. The number of hydrogen-bond acceptors (Lipinski definition) is 4. The zero-order chi connectivity index (χ0) is 9.80. The maximum absolute atomic E-state index is 11.7. The van der Waals surface area contributed by atoms with Crippen LogP contribution in [0, 0.1) is 5.92 Å². The quantitative estimate of drug-likeness (QED) is 0.693. The van der Waals surface area contributed by atoms with Gasteiger partial charge in [-0.25, -0.2) is 0 Å². The fraction of sp³-hybridized carbons (Fsp3) is 0.900. The van der Waals surface area contributed by atoms with Crippen molar-refractivity contribution in [3.63, 3.8) is 0 Å². The van der Waals surface area contributed by atoms with Crippen LogP contribution >= 0.6 is 0 Å². The number of ketones is 1. The highest BCUT2D eigenvalue weighted by Crippen LogP contribution is 2.16. The molecule has 2 fully saturated rings. The van der Waals surface area contributed by atoms with Crippen molar-refractivity contribution < 1.29 is 14.3 Å². The first-order valence-corrected chi connectivity index (χ1v) is 5.28. The van der Waals surface area contributed by atoms with Gasteiger partial charge in [0.05, 0.1) is 19.8 Å². The molecular weight excluding hydrogens is 182 g/mol. The molecule has 0 radical (unpaired) electrons. The maximum Gasteiger partial charge on any atom is 0.140 e. The van der Waals surface area contributed by atoms with Crippen LogP contribution in [-0.4, -0.2) is 44.8 Å². The van der Waals surface area contributed by atoms with Gasteiger partial charge in [0.25, 0.3) is 0 Å². The van der Waals surface area contributed by atoms with Gasteiger partial charge in [-0.05, 0) is 6.42 Å². The summed E-state index contributed by atoms with van der Waals surface area (Å²) in [4.78, 5) is 11.7. The Hall–Kier alpha value is -0.450. The molecule has 4 heteroatoms. The zero-order valence-electron chi connectivity index (χ0n) is 8.33. The van der Waals surface area contributed by atoms with Gasteiger partial charge in [0.2, 0.25) is 0 Å². The molecule has 0 aromatic heterocycles. The molecule has 0 aromatic rings. The van der Waals surface area contributed by atoms with E-state index in [9.17, 15) is 4.79 Å². The van der Waals surface area contributed by atoms with E-state index >= 15 is 0 Å². The van der Waals surface area contributed by atoms with E-state index in [1.54, 1.807) is 0 Å². The van der Waals surface area contributed by atoms with Gasteiger partial charge in [-0.15, -0.1) is 0 Å². The fourth-order valence-electron chi connectivity index (χ4n) is 1.95. The van der Waals surface area contributed by atoms with Crippen LogP contribution in [0.2, 0.25) is 0 Å². The summed E-state index contributed by atoms with van der Waals surface area (Å²) in [7, 11) is 0. The Morgan fingerprint density at radius 2 is 2.14 bits per heavy atom. The molecule has 0 saturated carbocycles. The van der Waals surface area contributed by atoms with Crippen molar-refractivity contribution >= 4 is 5.78 Å². The molecule has 2 unspecified atom stereocenters. The zero-order valence-corrected chi connectivity index (χ0v) is 8.33. The lowest BCUT2D eigenvalue weighted by Gasteiger charge is -2.23. The number of Topliss-reactive ketones (excluding diaryl/α,β-unsaturated/α-hetero) is 1. The summed E-state index contributed by atoms with van der Waals surface area (Å²) in [5.74, 6) is 0.462.